The summed E-state index contributed by atoms with van der Waals surface area (Å²) in [5.41, 5.74) is 11.3. The molecule has 2 rings (SSSR count). The molecule has 4 nitrogen and oxygen atoms in total. The van der Waals surface area contributed by atoms with Crippen molar-refractivity contribution < 1.29 is 0 Å². The second-order valence-corrected chi connectivity index (χ2v) is 15.1. The smallest absolute Gasteiger partial charge is 0.150 e. The maximum atomic E-state index is 5.87. The Labute approximate surface area is 304 Å². The van der Waals surface area contributed by atoms with E-state index in [1.807, 2.05) is 0 Å². The summed E-state index contributed by atoms with van der Waals surface area (Å²) in [5, 5.41) is 6.36. The van der Waals surface area contributed by atoms with Gasteiger partial charge in [-0.1, -0.05) is 224 Å². The van der Waals surface area contributed by atoms with Gasteiger partial charge in [0.15, 0.2) is 0 Å². The largest absolute Gasteiger partial charge is 0.326 e. The van der Waals surface area contributed by atoms with Gasteiger partial charge in [-0.15, -0.1) is 0 Å². The number of nitrogens with one attached hydrogen (secondary N) is 1. The molecule has 1 aliphatic heterocycles. The summed E-state index contributed by atoms with van der Waals surface area (Å²) in [4.78, 5) is 2.23. The molecule has 48 heavy (non-hydrogen) atoms. The lowest BCUT2D eigenvalue weighted by Gasteiger charge is -2.25. The number of anilines is 1. The first-order valence-corrected chi connectivity index (χ1v) is 21.6. The van der Waals surface area contributed by atoms with Crippen LogP contribution in [0.2, 0.25) is 0 Å². The van der Waals surface area contributed by atoms with E-state index >= 15 is 0 Å². The molecule has 0 saturated heterocycles. The van der Waals surface area contributed by atoms with Crippen LogP contribution in [0.5, 0.6) is 0 Å². The molecule has 0 fully saturated rings. The van der Waals surface area contributed by atoms with Gasteiger partial charge in [-0.3, -0.25) is 5.43 Å². The third-order valence-corrected chi connectivity index (χ3v) is 10.7. The number of nitrogens with zero attached hydrogens (tertiary/aromatic N) is 2. The van der Waals surface area contributed by atoms with E-state index in [2.05, 4.69) is 46.6 Å². The predicted molar refractivity (Wildman–Crippen MR) is 218 cm³/mol. The SMILES string of the molecule is CCCCCCCCCCCCCCCCCCCCCCCCCCCCCCCCCC1=NNC(C=S)N1c1cccc(CN)c1. The van der Waals surface area contributed by atoms with E-state index in [1.165, 1.54) is 199 Å². The van der Waals surface area contributed by atoms with Crippen LogP contribution >= 0.6 is 12.2 Å². The van der Waals surface area contributed by atoms with Crippen LogP contribution in [-0.4, -0.2) is 17.4 Å². The van der Waals surface area contributed by atoms with Crippen LogP contribution in [0.4, 0.5) is 5.69 Å². The van der Waals surface area contributed by atoms with Crippen molar-refractivity contribution >= 4 is 29.1 Å². The Morgan fingerprint density at radius 3 is 1.33 bits per heavy atom. The fourth-order valence-corrected chi connectivity index (χ4v) is 7.49. The molecule has 5 heteroatoms. The summed E-state index contributed by atoms with van der Waals surface area (Å²) in [6.45, 7) is 2.85. The topological polar surface area (TPSA) is 53.7 Å². The Balaban J connectivity index is 1.26. The Kier molecular flexibility index (Phi) is 28.0. The van der Waals surface area contributed by atoms with Crippen LogP contribution in [0.3, 0.4) is 0 Å². The van der Waals surface area contributed by atoms with Crippen molar-refractivity contribution in [2.24, 2.45) is 10.8 Å². The maximum Gasteiger partial charge on any atom is 0.150 e. The molecule has 0 saturated carbocycles. The van der Waals surface area contributed by atoms with E-state index in [0.29, 0.717) is 6.54 Å². The molecule has 0 spiro atoms. The number of hydrogen-bond acceptors (Lipinski definition) is 5. The molecule has 1 atom stereocenters. The summed E-state index contributed by atoms with van der Waals surface area (Å²) in [5.74, 6) is 1.09. The van der Waals surface area contributed by atoms with Gasteiger partial charge in [0, 0.05) is 24.0 Å². The fraction of sp³-hybridized carbons (Fsp3) is 0.814. The fourth-order valence-electron chi connectivity index (χ4n) is 7.31. The third-order valence-electron chi connectivity index (χ3n) is 10.4. The van der Waals surface area contributed by atoms with Gasteiger partial charge in [0.05, 0.1) is 0 Å². The van der Waals surface area contributed by atoms with Crippen molar-refractivity contribution in [1.29, 1.82) is 0 Å². The molecular weight excluding hydrogens is 605 g/mol. The van der Waals surface area contributed by atoms with Gasteiger partial charge in [-0.2, -0.15) is 5.10 Å². The normalized spacial score (nSPS) is 14.4. The van der Waals surface area contributed by atoms with Gasteiger partial charge in [-0.25, -0.2) is 0 Å². The van der Waals surface area contributed by atoms with E-state index in [-0.39, 0.29) is 6.17 Å². The summed E-state index contributed by atoms with van der Waals surface area (Å²) < 4.78 is 0. The van der Waals surface area contributed by atoms with E-state index in [0.717, 1.165) is 23.5 Å². The zero-order valence-corrected chi connectivity index (χ0v) is 32.5. The second-order valence-electron chi connectivity index (χ2n) is 14.8. The molecule has 0 aromatic heterocycles. The molecule has 1 aliphatic rings. The van der Waals surface area contributed by atoms with Crippen LogP contribution in [-0.2, 0) is 6.54 Å². The average Bonchev–Trinajstić information content (AvgIpc) is 3.53. The number of hydrogen-bond donors (Lipinski definition) is 2. The number of unbranched alkanes of at least 4 members (excludes halogenated alkanes) is 30. The van der Waals surface area contributed by atoms with Gasteiger partial charge in [-0.05, 0) is 24.1 Å². The minimum absolute atomic E-state index is 0.0542. The van der Waals surface area contributed by atoms with Gasteiger partial charge in [0.1, 0.15) is 12.0 Å². The summed E-state index contributed by atoms with van der Waals surface area (Å²) in [6, 6.07) is 8.41. The average molecular weight is 683 g/mol. The first-order valence-electron chi connectivity index (χ1n) is 21.2. The number of amidine groups is 1. The lowest BCUT2D eigenvalue weighted by Crippen LogP contribution is -2.41. The third kappa shape index (κ3) is 21.6. The van der Waals surface area contributed by atoms with Gasteiger partial charge in [0.2, 0.25) is 0 Å². The molecular formula is C43H78N4S. The van der Waals surface area contributed by atoms with E-state index in [4.69, 9.17) is 18.0 Å². The van der Waals surface area contributed by atoms with Crippen molar-refractivity contribution in [3.8, 4) is 0 Å². The van der Waals surface area contributed by atoms with Crippen LogP contribution in [0.1, 0.15) is 218 Å². The molecule has 276 valence electrons. The van der Waals surface area contributed by atoms with E-state index < -0.39 is 0 Å². The molecule has 0 aliphatic carbocycles. The molecule has 0 amide bonds. The minimum Gasteiger partial charge on any atom is -0.326 e. The van der Waals surface area contributed by atoms with Crippen LogP contribution in [0.15, 0.2) is 29.4 Å². The van der Waals surface area contributed by atoms with Crippen LogP contribution in [0.25, 0.3) is 0 Å². The zero-order chi connectivity index (χ0) is 34.2. The Morgan fingerprint density at radius 1 is 0.604 bits per heavy atom. The van der Waals surface area contributed by atoms with E-state index in [9.17, 15) is 0 Å². The second kappa shape index (κ2) is 31.5. The van der Waals surface area contributed by atoms with Crippen LogP contribution in [0, 0.1) is 0 Å². The quantitative estimate of drug-likeness (QED) is 0.0553. The molecule has 1 heterocycles. The first-order chi connectivity index (χ1) is 23.8. The lowest BCUT2D eigenvalue weighted by atomic mass is 10.0. The van der Waals surface area contributed by atoms with Crippen molar-refractivity contribution in [2.75, 3.05) is 4.90 Å². The number of nitrogens with two attached hydrogens (primary N) is 1. The summed E-state index contributed by atoms with van der Waals surface area (Å²) >= 11 is 5.27. The molecule has 1 aromatic carbocycles. The molecule has 0 bridgehead atoms. The number of benzene rings is 1. The molecule has 0 radical (unpaired) electrons. The standard InChI is InChI=1S/C43H78N4S/c1-2-3-4-5-6-7-8-9-10-11-12-13-14-15-16-17-18-19-20-21-22-23-24-25-26-27-28-29-30-31-32-36-42-45-46-43(39-48)47(42)41-35-33-34-40(37-41)38-44/h33-35,37,39,43,46H,2-32,36,38,44H2,1H3. The van der Waals surface area contributed by atoms with Crippen molar-refractivity contribution in [3.05, 3.63) is 29.8 Å². The van der Waals surface area contributed by atoms with Crippen molar-refractivity contribution in [1.82, 2.24) is 5.43 Å². The molecule has 1 aromatic rings. The lowest BCUT2D eigenvalue weighted by molar-refractivity contribution is 0.512. The summed E-state index contributed by atoms with van der Waals surface area (Å²) in [7, 11) is 0. The number of rotatable bonds is 35. The first kappa shape index (κ1) is 42.7. The highest BCUT2D eigenvalue weighted by Gasteiger charge is 2.26. The monoisotopic (exact) mass is 683 g/mol. The Bertz CT molecular complexity index is 903. The zero-order valence-electron chi connectivity index (χ0n) is 31.7. The Morgan fingerprint density at radius 2 is 0.979 bits per heavy atom. The molecule has 1 unspecified atom stereocenters. The Hall–Kier alpha value is -1.46. The van der Waals surface area contributed by atoms with E-state index in [1.54, 1.807) is 5.37 Å². The number of hydrazone groups is 1. The highest BCUT2D eigenvalue weighted by atomic mass is 32.1. The predicted octanol–water partition coefficient (Wildman–Crippen LogP) is 13.7. The van der Waals surface area contributed by atoms with Crippen LogP contribution < -0.4 is 16.1 Å². The van der Waals surface area contributed by atoms with Gasteiger partial charge >= 0.3 is 0 Å². The summed E-state index contributed by atoms with van der Waals surface area (Å²) in [6.07, 6.45) is 45.5. The highest BCUT2D eigenvalue weighted by Crippen LogP contribution is 2.24. The van der Waals surface area contributed by atoms with Crippen molar-refractivity contribution in [3.63, 3.8) is 0 Å². The van der Waals surface area contributed by atoms with Crippen molar-refractivity contribution in [2.45, 2.75) is 225 Å². The van der Waals surface area contributed by atoms with Gasteiger partial charge in [0.25, 0.3) is 0 Å². The maximum absolute atomic E-state index is 5.87. The highest BCUT2D eigenvalue weighted by molar-refractivity contribution is 7.79. The minimum atomic E-state index is -0.0542. The number of thiocarbonyl (C=S) groups is 1. The molecule has 3 N–H and O–H groups in total. The van der Waals surface area contributed by atoms with Gasteiger partial charge < -0.3 is 10.6 Å².